The fourth-order valence-electron chi connectivity index (χ4n) is 1.73. The summed E-state index contributed by atoms with van der Waals surface area (Å²) in [6, 6.07) is 5.17. The molecule has 0 spiro atoms. The SMILES string of the molecule is O=C(CSc1ncnc2sccc12)OCC(=O)c1ccc(Cl)s1. The lowest BCUT2D eigenvalue weighted by Gasteiger charge is -2.03. The van der Waals surface area contributed by atoms with Crippen LogP contribution in [-0.4, -0.2) is 34.1 Å². The Morgan fingerprint density at radius 2 is 2.13 bits per heavy atom. The van der Waals surface area contributed by atoms with Gasteiger partial charge in [-0.1, -0.05) is 23.4 Å². The predicted molar refractivity (Wildman–Crippen MR) is 92.8 cm³/mol. The molecular formula is C14H9ClN2O3S3. The molecule has 0 aliphatic rings. The van der Waals surface area contributed by atoms with Crippen molar-refractivity contribution in [2.24, 2.45) is 0 Å². The summed E-state index contributed by atoms with van der Waals surface area (Å²) < 4.78 is 5.52. The molecule has 3 aromatic heterocycles. The molecule has 0 amide bonds. The Kier molecular flexibility index (Phi) is 5.27. The van der Waals surface area contributed by atoms with Crippen LogP contribution in [0.2, 0.25) is 4.34 Å². The monoisotopic (exact) mass is 384 g/mol. The first kappa shape index (κ1) is 16.4. The van der Waals surface area contributed by atoms with E-state index in [0.29, 0.717) is 9.21 Å². The van der Waals surface area contributed by atoms with E-state index < -0.39 is 5.97 Å². The van der Waals surface area contributed by atoms with Crippen LogP contribution in [0.4, 0.5) is 0 Å². The molecule has 0 bridgehead atoms. The number of thioether (sulfide) groups is 1. The van der Waals surface area contributed by atoms with Crippen LogP contribution in [0.5, 0.6) is 0 Å². The van der Waals surface area contributed by atoms with E-state index in [1.54, 1.807) is 12.1 Å². The van der Waals surface area contributed by atoms with Gasteiger partial charge in [0, 0.05) is 5.39 Å². The zero-order valence-corrected chi connectivity index (χ0v) is 14.7. The number of hydrogen-bond acceptors (Lipinski definition) is 8. The summed E-state index contributed by atoms with van der Waals surface area (Å²) in [5, 5.41) is 3.57. The number of carbonyl (C=O) groups excluding carboxylic acids is 2. The second kappa shape index (κ2) is 7.39. The van der Waals surface area contributed by atoms with Gasteiger partial charge in [-0.2, -0.15) is 0 Å². The molecule has 9 heteroatoms. The topological polar surface area (TPSA) is 69.2 Å². The van der Waals surface area contributed by atoms with Crippen LogP contribution >= 0.6 is 46.0 Å². The fourth-order valence-corrected chi connectivity index (χ4v) is 4.28. The summed E-state index contributed by atoms with van der Waals surface area (Å²) in [5.74, 6) is -0.643. The van der Waals surface area contributed by atoms with Gasteiger partial charge in [0.05, 0.1) is 15.0 Å². The van der Waals surface area contributed by atoms with E-state index in [1.807, 2.05) is 11.4 Å². The van der Waals surface area contributed by atoms with Crippen molar-refractivity contribution in [1.29, 1.82) is 0 Å². The number of nitrogens with zero attached hydrogens (tertiary/aromatic N) is 2. The fraction of sp³-hybridized carbons (Fsp3) is 0.143. The highest BCUT2D eigenvalue weighted by Crippen LogP contribution is 2.27. The van der Waals surface area contributed by atoms with Crippen LogP contribution in [0, 0.1) is 0 Å². The normalized spacial score (nSPS) is 10.8. The minimum absolute atomic E-state index is 0.0838. The van der Waals surface area contributed by atoms with Gasteiger partial charge in [0.15, 0.2) is 6.61 Å². The van der Waals surface area contributed by atoms with Crippen molar-refractivity contribution >= 4 is 68.0 Å². The summed E-state index contributed by atoms with van der Waals surface area (Å²) in [6.45, 7) is -0.284. The molecule has 0 aliphatic heterocycles. The Hall–Kier alpha value is -1.48. The van der Waals surface area contributed by atoms with Gasteiger partial charge in [-0.25, -0.2) is 9.97 Å². The summed E-state index contributed by atoms with van der Waals surface area (Å²) in [6.07, 6.45) is 1.47. The maximum absolute atomic E-state index is 11.8. The van der Waals surface area contributed by atoms with Crippen LogP contribution in [0.3, 0.4) is 0 Å². The zero-order chi connectivity index (χ0) is 16.2. The molecule has 0 fully saturated rings. The van der Waals surface area contributed by atoms with Crippen molar-refractivity contribution in [3.8, 4) is 0 Å². The summed E-state index contributed by atoms with van der Waals surface area (Å²) in [4.78, 5) is 33.3. The molecule has 0 atom stereocenters. The van der Waals surface area contributed by atoms with Gasteiger partial charge in [0.1, 0.15) is 16.2 Å². The van der Waals surface area contributed by atoms with Gasteiger partial charge < -0.3 is 4.74 Å². The third-order valence-electron chi connectivity index (χ3n) is 2.76. The van der Waals surface area contributed by atoms with Gasteiger partial charge in [0.2, 0.25) is 5.78 Å². The van der Waals surface area contributed by atoms with Gasteiger partial charge in [0.25, 0.3) is 0 Å². The van der Waals surface area contributed by atoms with Crippen LogP contribution in [0.1, 0.15) is 9.67 Å². The first-order valence-corrected chi connectivity index (χ1v) is 9.44. The van der Waals surface area contributed by atoms with Gasteiger partial charge in [-0.3, -0.25) is 9.59 Å². The predicted octanol–water partition coefficient (Wildman–Crippen LogP) is 3.92. The van der Waals surface area contributed by atoms with Crippen LogP contribution in [-0.2, 0) is 9.53 Å². The molecule has 0 saturated heterocycles. The average molecular weight is 385 g/mol. The third-order valence-corrected chi connectivity index (χ3v) is 5.84. The molecule has 23 heavy (non-hydrogen) atoms. The number of hydrogen-bond donors (Lipinski definition) is 0. The van der Waals surface area contributed by atoms with E-state index in [2.05, 4.69) is 9.97 Å². The largest absolute Gasteiger partial charge is 0.457 e. The lowest BCUT2D eigenvalue weighted by molar-refractivity contribution is -0.139. The summed E-state index contributed by atoms with van der Waals surface area (Å²) in [7, 11) is 0. The number of Topliss-reactive ketones (excluding diaryl/α,β-unsaturated/α-hetero) is 1. The zero-order valence-electron chi connectivity index (χ0n) is 11.5. The first-order valence-electron chi connectivity index (χ1n) is 6.38. The van der Waals surface area contributed by atoms with Crippen molar-refractivity contribution in [2.45, 2.75) is 5.03 Å². The van der Waals surface area contributed by atoms with E-state index in [1.165, 1.54) is 29.4 Å². The van der Waals surface area contributed by atoms with Crippen molar-refractivity contribution in [2.75, 3.05) is 12.4 Å². The lowest BCUT2D eigenvalue weighted by atomic mass is 10.3. The Bertz CT molecular complexity index is 862. The number of fused-ring (bicyclic) bond motifs is 1. The molecule has 3 rings (SSSR count). The number of thiophene rings is 2. The first-order chi connectivity index (χ1) is 11.1. The molecule has 3 heterocycles. The number of aromatic nitrogens is 2. The standard InChI is InChI=1S/C14H9ClN2O3S3/c15-11-2-1-10(23-11)9(18)5-20-12(19)6-22-14-8-3-4-21-13(8)16-7-17-14/h1-4,7H,5-6H2. The minimum Gasteiger partial charge on any atom is -0.457 e. The van der Waals surface area contributed by atoms with Crippen molar-refractivity contribution in [3.05, 3.63) is 39.1 Å². The average Bonchev–Trinajstić information content (AvgIpc) is 3.19. The Morgan fingerprint density at radius 1 is 1.26 bits per heavy atom. The second-order valence-electron chi connectivity index (χ2n) is 4.29. The number of carbonyl (C=O) groups is 2. The third kappa shape index (κ3) is 4.08. The van der Waals surface area contributed by atoms with Crippen molar-refractivity contribution < 1.29 is 14.3 Å². The van der Waals surface area contributed by atoms with E-state index in [-0.39, 0.29) is 18.1 Å². The smallest absolute Gasteiger partial charge is 0.316 e. The van der Waals surface area contributed by atoms with Crippen molar-refractivity contribution in [3.63, 3.8) is 0 Å². The number of ether oxygens (including phenoxy) is 1. The maximum atomic E-state index is 11.8. The summed E-state index contributed by atoms with van der Waals surface area (Å²) >= 11 is 9.71. The molecule has 0 aliphatic carbocycles. The highest BCUT2D eigenvalue weighted by atomic mass is 35.5. The molecule has 3 aromatic rings. The number of esters is 1. The number of rotatable bonds is 6. The molecule has 0 unspecified atom stereocenters. The molecule has 0 radical (unpaired) electrons. The van der Waals surface area contributed by atoms with Gasteiger partial charge in [-0.05, 0) is 23.6 Å². The maximum Gasteiger partial charge on any atom is 0.316 e. The Labute approximate surface area is 148 Å². The Morgan fingerprint density at radius 3 is 2.91 bits per heavy atom. The van der Waals surface area contributed by atoms with Crippen LogP contribution < -0.4 is 0 Å². The van der Waals surface area contributed by atoms with E-state index in [4.69, 9.17) is 16.3 Å². The number of halogens is 1. The van der Waals surface area contributed by atoms with Crippen molar-refractivity contribution in [1.82, 2.24) is 9.97 Å². The molecule has 0 saturated carbocycles. The van der Waals surface area contributed by atoms with E-state index >= 15 is 0 Å². The molecule has 0 N–H and O–H groups in total. The minimum atomic E-state index is -0.465. The van der Waals surface area contributed by atoms with Crippen LogP contribution in [0.15, 0.2) is 34.9 Å². The van der Waals surface area contributed by atoms with Gasteiger partial charge >= 0.3 is 5.97 Å². The highest BCUT2D eigenvalue weighted by Gasteiger charge is 2.13. The lowest BCUT2D eigenvalue weighted by Crippen LogP contribution is -2.14. The van der Waals surface area contributed by atoms with Gasteiger partial charge in [-0.15, -0.1) is 22.7 Å². The Balaban J connectivity index is 1.52. The quantitative estimate of drug-likeness (QED) is 0.277. The van der Waals surface area contributed by atoms with Crippen LogP contribution in [0.25, 0.3) is 10.2 Å². The summed E-state index contributed by atoms with van der Waals surface area (Å²) in [5.41, 5.74) is 0. The highest BCUT2D eigenvalue weighted by molar-refractivity contribution is 8.00. The molecule has 0 aromatic carbocycles. The molecular weight excluding hydrogens is 376 g/mol. The number of ketones is 1. The second-order valence-corrected chi connectivity index (χ2v) is 7.87. The van der Waals surface area contributed by atoms with E-state index in [9.17, 15) is 9.59 Å². The molecule has 118 valence electrons. The molecule has 5 nitrogen and oxygen atoms in total. The van der Waals surface area contributed by atoms with E-state index in [0.717, 1.165) is 26.6 Å².